The summed E-state index contributed by atoms with van der Waals surface area (Å²) in [6.07, 6.45) is 0. The molecule has 0 aromatic heterocycles. The van der Waals surface area contributed by atoms with E-state index in [9.17, 15) is 16.8 Å². The van der Waals surface area contributed by atoms with Crippen LogP contribution in [0.25, 0.3) is 5.57 Å². The monoisotopic (exact) mass is 286 g/mol. The first kappa shape index (κ1) is 17.4. The van der Waals surface area contributed by atoms with Crippen molar-refractivity contribution in [2.75, 3.05) is 0 Å². The van der Waals surface area contributed by atoms with Crippen LogP contribution in [0, 0.1) is 0 Å². The molecule has 0 aliphatic rings. The van der Waals surface area contributed by atoms with Crippen LogP contribution in [-0.4, -0.2) is 44.8 Å². The molecule has 1 aromatic carbocycles. The standard InChI is InChI=1S/C9H10O6S2.Li.H/c1-6(2)7-4-3-5-8(16(10,11)12)9(7)17(13,14)15;;/h3-5H,1H2,2H3,(H,10,11,12)(H,13,14,15);;. The first-order valence-electron chi connectivity index (χ1n) is 4.29. The van der Waals surface area contributed by atoms with Crippen molar-refractivity contribution in [1.82, 2.24) is 0 Å². The molecule has 0 heterocycles. The minimum absolute atomic E-state index is 0. The van der Waals surface area contributed by atoms with E-state index in [4.69, 9.17) is 9.11 Å². The van der Waals surface area contributed by atoms with Gasteiger partial charge < -0.3 is 0 Å². The second-order valence-corrected chi connectivity index (χ2v) is 6.11. The van der Waals surface area contributed by atoms with Gasteiger partial charge in [-0.2, -0.15) is 16.8 Å². The summed E-state index contributed by atoms with van der Waals surface area (Å²) in [6.45, 7) is 4.91. The molecule has 2 N–H and O–H groups in total. The Morgan fingerprint density at radius 2 is 1.61 bits per heavy atom. The molecule has 0 saturated heterocycles. The van der Waals surface area contributed by atoms with Crippen molar-refractivity contribution >= 4 is 44.7 Å². The van der Waals surface area contributed by atoms with Crippen molar-refractivity contribution in [2.45, 2.75) is 16.7 Å². The Bertz CT molecular complexity index is 675. The van der Waals surface area contributed by atoms with E-state index in [1.165, 1.54) is 19.1 Å². The van der Waals surface area contributed by atoms with Gasteiger partial charge in [0.1, 0.15) is 9.79 Å². The first-order valence-corrected chi connectivity index (χ1v) is 7.17. The number of rotatable bonds is 3. The fourth-order valence-corrected chi connectivity index (χ4v) is 3.39. The van der Waals surface area contributed by atoms with Crippen molar-refractivity contribution in [1.29, 1.82) is 0 Å². The molecule has 0 fully saturated rings. The van der Waals surface area contributed by atoms with Gasteiger partial charge in [-0.05, 0) is 24.1 Å². The van der Waals surface area contributed by atoms with Crippen LogP contribution in [0.4, 0.5) is 0 Å². The Morgan fingerprint density at radius 3 is 1.94 bits per heavy atom. The molecule has 0 bridgehead atoms. The summed E-state index contributed by atoms with van der Waals surface area (Å²) < 4.78 is 62.3. The van der Waals surface area contributed by atoms with Crippen molar-refractivity contribution in [3.05, 3.63) is 30.3 Å². The molecule has 6 nitrogen and oxygen atoms in total. The summed E-state index contributed by atoms with van der Waals surface area (Å²) in [6, 6.07) is 3.40. The Kier molecular flexibility index (Phi) is 5.37. The van der Waals surface area contributed by atoms with Gasteiger partial charge in [0.25, 0.3) is 20.2 Å². The fourth-order valence-electron chi connectivity index (χ4n) is 1.32. The summed E-state index contributed by atoms with van der Waals surface area (Å²) in [4.78, 5) is -1.74. The van der Waals surface area contributed by atoms with Crippen LogP contribution in [-0.2, 0) is 20.2 Å². The van der Waals surface area contributed by atoms with E-state index in [-0.39, 0.29) is 30.0 Å². The Hall–Kier alpha value is -0.623. The molecule has 0 saturated carbocycles. The molecule has 1 rings (SSSR count). The van der Waals surface area contributed by atoms with Gasteiger partial charge in [0, 0.05) is 0 Å². The molecule has 1 aromatic rings. The first-order chi connectivity index (χ1) is 7.55. The predicted octanol–water partition coefficient (Wildman–Crippen LogP) is 0.565. The molecule has 0 spiro atoms. The molecule has 0 unspecified atom stereocenters. The maximum absolute atomic E-state index is 11.2. The molecule has 96 valence electrons. The van der Waals surface area contributed by atoms with Gasteiger partial charge in [0.05, 0.1) is 0 Å². The van der Waals surface area contributed by atoms with E-state index in [1.807, 2.05) is 0 Å². The second kappa shape index (κ2) is 5.57. The van der Waals surface area contributed by atoms with Crippen LogP contribution >= 0.6 is 0 Å². The third kappa shape index (κ3) is 3.68. The van der Waals surface area contributed by atoms with Gasteiger partial charge in [-0.25, -0.2) is 0 Å². The molecule has 18 heavy (non-hydrogen) atoms. The van der Waals surface area contributed by atoms with Crippen LogP contribution in [0.3, 0.4) is 0 Å². The Morgan fingerprint density at radius 1 is 1.11 bits per heavy atom. The van der Waals surface area contributed by atoms with Crippen LogP contribution in [0.1, 0.15) is 12.5 Å². The second-order valence-electron chi connectivity index (χ2n) is 3.36. The summed E-state index contributed by atoms with van der Waals surface area (Å²) in [5.41, 5.74) is 0.172. The number of hydrogen-bond acceptors (Lipinski definition) is 4. The summed E-state index contributed by atoms with van der Waals surface area (Å²) in [5.74, 6) is 0. The number of allylic oxidation sites excluding steroid dienone is 1. The van der Waals surface area contributed by atoms with Crippen molar-refractivity contribution in [2.24, 2.45) is 0 Å². The predicted molar refractivity (Wildman–Crippen MR) is 67.9 cm³/mol. The average Bonchev–Trinajstić information content (AvgIpc) is 2.13. The van der Waals surface area contributed by atoms with E-state index in [1.54, 1.807) is 0 Å². The zero-order chi connectivity index (χ0) is 13.4. The van der Waals surface area contributed by atoms with Crippen molar-refractivity contribution < 1.29 is 25.9 Å². The van der Waals surface area contributed by atoms with Crippen LogP contribution in [0.15, 0.2) is 34.6 Å². The van der Waals surface area contributed by atoms with Gasteiger partial charge in [-0.3, -0.25) is 9.11 Å². The summed E-state index contributed by atoms with van der Waals surface area (Å²) in [5, 5.41) is 0. The number of benzene rings is 1. The van der Waals surface area contributed by atoms with E-state index in [0.29, 0.717) is 0 Å². The molecule has 0 radical (unpaired) electrons. The van der Waals surface area contributed by atoms with Gasteiger partial charge in [-0.15, -0.1) is 0 Å². The molecule has 9 heteroatoms. The molecule has 0 amide bonds. The molecule has 0 aliphatic carbocycles. The van der Waals surface area contributed by atoms with Crippen LogP contribution < -0.4 is 0 Å². The van der Waals surface area contributed by atoms with E-state index in [2.05, 4.69) is 6.58 Å². The third-order valence-corrected chi connectivity index (χ3v) is 3.96. The quantitative estimate of drug-likeness (QED) is 0.621. The summed E-state index contributed by atoms with van der Waals surface area (Å²) >= 11 is 0. The van der Waals surface area contributed by atoms with Gasteiger partial charge >= 0.3 is 18.9 Å². The van der Waals surface area contributed by atoms with E-state index in [0.717, 1.165) is 6.07 Å². The molecular weight excluding hydrogens is 275 g/mol. The van der Waals surface area contributed by atoms with Crippen LogP contribution in [0.2, 0.25) is 0 Å². The number of hydrogen-bond donors (Lipinski definition) is 2. The average molecular weight is 286 g/mol. The minimum atomic E-state index is -4.79. The molecule has 0 atom stereocenters. The maximum atomic E-state index is 11.2. The SMILES string of the molecule is C=C(C)c1cccc(S(=O)(=O)O)c1S(=O)(=O)O.[LiH]. The molecular formula is C9H11LiO6S2. The van der Waals surface area contributed by atoms with Crippen molar-refractivity contribution in [3.8, 4) is 0 Å². The molecule has 0 aliphatic heterocycles. The van der Waals surface area contributed by atoms with Gasteiger partial charge in [0.15, 0.2) is 0 Å². The van der Waals surface area contributed by atoms with Gasteiger partial charge in [0.2, 0.25) is 0 Å². The zero-order valence-electron chi connectivity index (χ0n) is 8.78. The third-order valence-electron chi connectivity index (χ3n) is 1.97. The van der Waals surface area contributed by atoms with Crippen molar-refractivity contribution in [3.63, 3.8) is 0 Å². The normalized spacial score (nSPS) is 11.7. The van der Waals surface area contributed by atoms with E-state index >= 15 is 0 Å². The Labute approximate surface area is 117 Å². The zero-order valence-corrected chi connectivity index (χ0v) is 10.4. The summed E-state index contributed by atoms with van der Waals surface area (Å²) in [7, 11) is -9.55. The van der Waals surface area contributed by atoms with Crippen LogP contribution in [0.5, 0.6) is 0 Å². The topological polar surface area (TPSA) is 109 Å². The fraction of sp³-hybridized carbons (Fsp3) is 0.111. The Balaban J connectivity index is 0.00000289. The van der Waals surface area contributed by atoms with E-state index < -0.39 is 30.0 Å². The van der Waals surface area contributed by atoms with Gasteiger partial charge in [-0.1, -0.05) is 18.7 Å².